The van der Waals surface area contributed by atoms with Crippen molar-refractivity contribution in [1.29, 1.82) is 0 Å². The molecule has 0 aromatic carbocycles. The van der Waals surface area contributed by atoms with Crippen LogP contribution in [0.25, 0.3) is 0 Å². The van der Waals surface area contributed by atoms with Crippen LogP contribution in [0.4, 0.5) is 4.79 Å². The monoisotopic (exact) mass is 300 g/mol. The zero-order chi connectivity index (χ0) is 16.2. The van der Waals surface area contributed by atoms with Crippen molar-refractivity contribution in [3.8, 4) is 0 Å². The molecule has 0 aliphatic carbocycles. The maximum absolute atomic E-state index is 12.0. The van der Waals surface area contributed by atoms with Gasteiger partial charge in [0.2, 0.25) is 5.91 Å². The number of rotatable bonds is 4. The second kappa shape index (κ2) is 7.02. The number of amides is 5. The number of nitrogens with one attached hydrogen (secondary N) is 2. The van der Waals surface area contributed by atoms with Crippen LogP contribution in [0.5, 0.6) is 0 Å². The summed E-state index contributed by atoms with van der Waals surface area (Å²) in [5.41, 5.74) is 0. The first kappa shape index (κ1) is 16.9. The quantitative estimate of drug-likeness (QED) is 0.513. The summed E-state index contributed by atoms with van der Waals surface area (Å²) >= 11 is 0. The molecule has 0 radical (unpaired) electrons. The maximum atomic E-state index is 12.0. The lowest BCUT2D eigenvalue weighted by atomic mass is 10.1. The lowest BCUT2D eigenvalue weighted by molar-refractivity contribution is -0.153. The van der Waals surface area contributed by atoms with E-state index in [1.165, 1.54) is 18.9 Å². The predicted molar refractivity (Wildman–Crippen MR) is 72.0 cm³/mol. The standard InChI is InChI=1S/C12H20N4O5/c1-4-15-5-6-16(11(20)10(15)19)12(21)14-8(7(2)17)9(18)13-3/h7-8,17H,4-6H2,1-3H3,(H,13,18)(H,14,21). The number of imide groups is 1. The van der Waals surface area contributed by atoms with Gasteiger partial charge in [0, 0.05) is 26.7 Å². The van der Waals surface area contributed by atoms with Crippen LogP contribution >= 0.6 is 0 Å². The van der Waals surface area contributed by atoms with Gasteiger partial charge < -0.3 is 20.6 Å². The largest absolute Gasteiger partial charge is 0.391 e. The van der Waals surface area contributed by atoms with Crippen molar-refractivity contribution in [3.63, 3.8) is 0 Å². The summed E-state index contributed by atoms with van der Waals surface area (Å²) in [5.74, 6) is -2.29. The molecule has 2 unspecified atom stereocenters. The van der Waals surface area contributed by atoms with Crippen molar-refractivity contribution in [2.75, 3.05) is 26.7 Å². The topological polar surface area (TPSA) is 119 Å². The van der Waals surface area contributed by atoms with Crippen molar-refractivity contribution in [1.82, 2.24) is 20.4 Å². The Morgan fingerprint density at radius 3 is 2.38 bits per heavy atom. The number of aliphatic hydroxyl groups is 1. The van der Waals surface area contributed by atoms with Crippen LogP contribution < -0.4 is 10.6 Å². The summed E-state index contributed by atoms with van der Waals surface area (Å²) in [4.78, 5) is 49.2. The molecule has 0 spiro atoms. The van der Waals surface area contributed by atoms with Gasteiger partial charge in [0.05, 0.1) is 6.10 Å². The van der Waals surface area contributed by atoms with Gasteiger partial charge >= 0.3 is 17.8 Å². The van der Waals surface area contributed by atoms with Gasteiger partial charge in [0.25, 0.3) is 0 Å². The van der Waals surface area contributed by atoms with Crippen molar-refractivity contribution >= 4 is 23.8 Å². The summed E-state index contributed by atoms with van der Waals surface area (Å²) < 4.78 is 0. The summed E-state index contributed by atoms with van der Waals surface area (Å²) in [5, 5.41) is 14.1. The number of aliphatic hydroxyl groups excluding tert-OH is 1. The van der Waals surface area contributed by atoms with E-state index in [1.54, 1.807) is 6.92 Å². The van der Waals surface area contributed by atoms with E-state index in [4.69, 9.17) is 0 Å². The van der Waals surface area contributed by atoms with Gasteiger partial charge in [-0.25, -0.2) is 4.79 Å². The Morgan fingerprint density at radius 2 is 1.90 bits per heavy atom. The molecule has 0 bridgehead atoms. The average Bonchev–Trinajstić information content (AvgIpc) is 2.46. The van der Waals surface area contributed by atoms with Crippen molar-refractivity contribution in [3.05, 3.63) is 0 Å². The molecule has 2 atom stereocenters. The molecule has 21 heavy (non-hydrogen) atoms. The van der Waals surface area contributed by atoms with Gasteiger partial charge in [-0.2, -0.15) is 0 Å². The molecule has 1 aliphatic heterocycles. The molecule has 9 nitrogen and oxygen atoms in total. The van der Waals surface area contributed by atoms with E-state index in [0.29, 0.717) is 6.54 Å². The number of hydrogen-bond acceptors (Lipinski definition) is 5. The smallest absolute Gasteiger partial charge is 0.325 e. The highest BCUT2D eigenvalue weighted by atomic mass is 16.3. The van der Waals surface area contributed by atoms with Crippen LogP contribution in [-0.4, -0.2) is 77.5 Å². The average molecular weight is 300 g/mol. The third-order valence-electron chi connectivity index (χ3n) is 3.23. The van der Waals surface area contributed by atoms with Gasteiger partial charge in [0.15, 0.2) is 0 Å². The first-order chi connectivity index (χ1) is 9.83. The molecule has 5 amide bonds. The molecule has 1 rings (SSSR count). The lowest BCUT2D eigenvalue weighted by Gasteiger charge is -2.32. The zero-order valence-electron chi connectivity index (χ0n) is 12.3. The van der Waals surface area contributed by atoms with Crippen LogP contribution in [-0.2, 0) is 14.4 Å². The van der Waals surface area contributed by atoms with E-state index >= 15 is 0 Å². The predicted octanol–water partition coefficient (Wildman–Crippen LogP) is -2.12. The summed E-state index contributed by atoms with van der Waals surface area (Å²) in [6.45, 7) is 3.74. The fourth-order valence-corrected chi connectivity index (χ4v) is 1.94. The number of urea groups is 1. The minimum atomic E-state index is -1.20. The molecular weight excluding hydrogens is 280 g/mol. The Morgan fingerprint density at radius 1 is 1.29 bits per heavy atom. The highest BCUT2D eigenvalue weighted by molar-refractivity contribution is 6.38. The SMILES string of the molecule is CCN1CCN(C(=O)NC(C(=O)NC)C(C)O)C(=O)C1=O. The molecule has 1 saturated heterocycles. The number of carbonyl (C=O) groups is 4. The number of carbonyl (C=O) groups excluding carboxylic acids is 4. The fourth-order valence-electron chi connectivity index (χ4n) is 1.94. The highest BCUT2D eigenvalue weighted by Crippen LogP contribution is 2.06. The third kappa shape index (κ3) is 3.69. The van der Waals surface area contributed by atoms with E-state index in [0.717, 1.165) is 4.90 Å². The van der Waals surface area contributed by atoms with E-state index in [1.807, 2.05) is 0 Å². The molecule has 118 valence electrons. The number of piperazine rings is 1. The second-order valence-electron chi connectivity index (χ2n) is 4.62. The first-order valence-electron chi connectivity index (χ1n) is 6.64. The molecule has 0 aromatic rings. The van der Waals surface area contributed by atoms with E-state index in [-0.39, 0.29) is 13.1 Å². The van der Waals surface area contributed by atoms with Crippen LogP contribution in [0.1, 0.15) is 13.8 Å². The molecule has 1 fully saturated rings. The molecule has 3 N–H and O–H groups in total. The third-order valence-corrected chi connectivity index (χ3v) is 3.23. The molecule has 0 aromatic heterocycles. The molecule has 9 heteroatoms. The molecule has 1 heterocycles. The Kier molecular flexibility index (Phi) is 5.65. The number of likely N-dealkylation sites (N-methyl/N-ethyl adjacent to an activating group) is 2. The van der Waals surface area contributed by atoms with Gasteiger partial charge in [-0.05, 0) is 13.8 Å². The van der Waals surface area contributed by atoms with Crippen LogP contribution in [0.2, 0.25) is 0 Å². The maximum Gasteiger partial charge on any atom is 0.325 e. The second-order valence-corrected chi connectivity index (χ2v) is 4.62. The van der Waals surface area contributed by atoms with E-state index in [2.05, 4.69) is 10.6 Å². The van der Waals surface area contributed by atoms with Crippen molar-refractivity contribution < 1.29 is 24.3 Å². The van der Waals surface area contributed by atoms with Crippen LogP contribution in [0, 0.1) is 0 Å². The van der Waals surface area contributed by atoms with Crippen LogP contribution in [0.15, 0.2) is 0 Å². The van der Waals surface area contributed by atoms with Crippen molar-refractivity contribution in [2.24, 2.45) is 0 Å². The van der Waals surface area contributed by atoms with Gasteiger partial charge in [-0.3, -0.25) is 19.3 Å². The Bertz CT molecular complexity index is 451. The minimum Gasteiger partial charge on any atom is -0.391 e. The van der Waals surface area contributed by atoms with E-state index in [9.17, 15) is 24.3 Å². The lowest BCUT2D eigenvalue weighted by Crippen LogP contribution is -2.61. The van der Waals surface area contributed by atoms with Crippen molar-refractivity contribution in [2.45, 2.75) is 26.0 Å². The molecule has 0 saturated carbocycles. The van der Waals surface area contributed by atoms with E-state index < -0.39 is 35.9 Å². The molecular formula is C12H20N4O5. The zero-order valence-corrected chi connectivity index (χ0v) is 12.3. The first-order valence-corrected chi connectivity index (χ1v) is 6.64. The highest BCUT2D eigenvalue weighted by Gasteiger charge is 2.37. The van der Waals surface area contributed by atoms with Gasteiger partial charge in [-0.15, -0.1) is 0 Å². The number of nitrogens with zero attached hydrogens (tertiary/aromatic N) is 2. The summed E-state index contributed by atoms with van der Waals surface area (Å²) in [6, 6.07) is -2.08. The Balaban J connectivity index is 2.77. The Labute approximate surface area is 122 Å². The summed E-state index contributed by atoms with van der Waals surface area (Å²) in [7, 11) is 1.36. The Hall–Kier alpha value is -2.16. The minimum absolute atomic E-state index is 0.0462. The molecule has 1 aliphatic rings. The van der Waals surface area contributed by atoms with Gasteiger partial charge in [0.1, 0.15) is 6.04 Å². The normalized spacial score (nSPS) is 18.3. The number of hydrogen-bond donors (Lipinski definition) is 3. The summed E-state index contributed by atoms with van der Waals surface area (Å²) in [6.07, 6.45) is -1.14. The van der Waals surface area contributed by atoms with Crippen LogP contribution in [0.3, 0.4) is 0 Å². The van der Waals surface area contributed by atoms with Gasteiger partial charge in [-0.1, -0.05) is 0 Å². The fraction of sp³-hybridized carbons (Fsp3) is 0.667.